The molecule has 8 heteroatoms. The van der Waals surface area contributed by atoms with Gasteiger partial charge in [-0.05, 0) is 41.1 Å². The molecule has 0 saturated carbocycles. The van der Waals surface area contributed by atoms with Crippen molar-refractivity contribution < 1.29 is 14.1 Å². The molecule has 0 aliphatic heterocycles. The normalized spacial score (nSPS) is 10.8. The van der Waals surface area contributed by atoms with E-state index in [1.165, 1.54) is 24.4 Å². The lowest BCUT2D eigenvalue weighted by atomic mass is 10.2. The number of hydrogen-bond acceptors (Lipinski definition) is 5. The van der Waals surface area contributed by atoms with E-state index in [0.29, 0.717) is 15.8 Å². The minimum Gasteiger partial charge on any atom is -0.456 e. The Kier molecular flexibility index (Phi) is 4.49. The molecule has 0 bridgehead atoms. The van der Waals surface area contributed by atoms with Crippen molar-refractivity contribution in [3.05, 3.63) is 62.0 Å². The van der Waals surface area contributed by atoms with Crippen LogP contribution in [-0.4, -0.2) is 17.0 Å². The maximum absolute atomic E-state index is 11.7. The van der Waals surface area contributed by atoms with Crippen LogP contribution in [-0.2, 0) is 0 Å². The molecule has 0 radical (unpaired) electrons. The van der Waals surface area contributed by atoms with Gasteiger partial charge in [0.2, 0.25) is 0 Å². The van der Waals surface area contributed by atoms with Gasteiger partial charge in [0, 0.05) is 22.2 Å². The average Bonchev–Trinajstić information content (AvgIpc) is 2.87. The van der Waals surface area contributed by atoms with Crippen molar-refractivity contribution in [1.82, 2.24) is 5.43 Å². The van der Waals surface area contributed by atoms with E-state index in [4.69, 9.17) is 4.42 Å². The van der Waals surface area contributed by atoms with Gasteiger partial charge in [-0.1, -0.05) is 0 Å². The van der Waals surface area contributed by atoms with Gasteiger partial charge in [0.1, 0.15) is 5.76 Å². The molecule has 0 atom stereocenters. The molecule has 0 aliphatic rings. The van der Waals surface area contributed by atoms with Gasteiger partial charge in [-0.15, -0.1) is 0 Å². The molecule has 0 unspecified atom stereocenters. The third-order valence-electron chi connectivity index (χ3n) is 2.53. The smallest absolute Gasteiger partial charge is 0.307 e. The van der Waals surface area contributed by atoms with Crippen molar-refractivity contribution in [2.75, 3.05) is 0 Å². The van der Waals surface area contributed by atoms with Crippen LogP contribution < -0.4 is 5.43 Å². The number of halogens is 1. The lowest BCUT2D eigenvalue weighted by molar-refractivity contribution is -0.384. The van der Waals surface area contributed by atoms with Crippen LogP contribution in [0.25, 0.3) is 0 Å². The van der Waals surface area contributed by atoms with Crippen LogP contribution in [0, 0.1) is 17.0 Å². The largest absolute Gasteiger partial charge is 0.456 e. The lowest BCUT2D eigenvalue weighted by Gasteiger charge is -1.99. The Labute approximate surface area is 127 Å². The summed E-state index contributed by atoms with van der Waals surface area (Å²) in [6.07, 6.45) is 1.38. The standard InChI is InChI=1S/C13H10BrN3O4/c1-8-2-5-12(21-8)13(18)16-15-7-9-3-4-10(17(19)20)6-11(9)14/h2-7H,1H3,(H,16,18)/b15-7-. The van der Waals surface area contributed by atoms with Crippen LogP contribution in [0.5, 0.6) is 0 Å². The number of hydrazone groups is 1. The second-order valence-electron chi connectivity index (χ2n) is 4.07. The SMILES string of the molecule is Cc1ccc(C(=O)N/N=C\c2ccc([N+](=O)[O-])cc2Br)o1. The number of nitrogens with zero attached hydrogens (tertiary/aromatic N) is 2. The number of carbonyl (C=O) groups is 1. The van der Waals surface area contributed by atoms with Gasteiger partial charge in [0.15, 0.2) is 5.76 Å². The van der Waals surface area contributed by atoms with E-state index >= 15 is 0 Å². The summed E-state index contributed by atoms with van der Waals surface area (Å²) in [5, 5.41) is 14.4. The maximum Gasteiger partial charge on any atom is 0.307 e. The van der Waals surface area contributed by atoms with E-state index in [1.807, 2.05) is 0 Å². The van der Waals surface area contributed by atoms with Crippen molar-refractivity contribution in [2.24, 2.45) is 5.10 Å². The molecule has 1 N–H and O–H groups in total. The Bertz CT molecular complexity index is 724. The summed E-state index contributed by atoms with van der Waals surface area (Å²) in [6.45, 7) is 1.73. The Morgan fingerprint density at radius 1 is 1.43 bits per heavy atom. The topological polar surface area (TPSA) is 97.7 Å². The summed E-state index contributed by atoms with van der Waals surface area (Å²) in [7, 11) is 0. The molecule has 7 nitrogen and oxygen atoms in total. The molecule has 0 spiro atoms. The molecule has 108 valence electrons. The van der Waals surface area contributed by atoms with Gasteiger partial charge < -0.3 is 4.42 Å². The first-order chi connectivity index (χ1) is 9.97. The zero-order chi connectivity index (χ0) is 15.4. The van der Waals surface area contributed by atoms with E-state index in [-0.39, 0.29) is 11.4 Å². The fourth-order valence-electron chi connectivity index (χ4n) is 1.51. The Morgan fingerprint density at radius 2 is 2.19 bits per heavy atom. The summed E-state index contributed by atoms with van der Waals surface area (Å²) in [5.41, 5.74) is 2.87. The number of non-ortho nitro benzene ring substituents is 1. The number of nitro groups is 1. The summed E-state index contributed by atoms with van der Waals surface area (Å²) >= 11 is 3.20. The minimum absolute atomic E-state index is 0.0332. The molecule has 0 aliphatic carbocycles. The maximum atomic E-state index is 11.7. The van der Waals surface area contributed by atoms with Gasteiger partial charge >= 0.3 is 5.91 Å². The zero-order valence-corrected chi connectivity index (χ0v) is 12.5. The first-order valence-corrected chi connectivity index (χ1v) is 6.60. The first-order valence-electron chi connectivity index (χ1n) is 5.81. The van der Waals surface area contributed by atoms with Gasteiger partial charge in [0.05, 0.1) is 11.1 Å². The molecule has 1 heterocycles. The molecule has 2 rings (SSSR count). The number of nitro benzene ring substituents is 1. The third kappa shape index (κ3) is 3.76. The van der Waals surface area contributed by atoms with Crippen LogP contribution in [0.1, 0.15) is 21.9 Å². The second kappa shape index (κ2) is 6.31. The molecular formula is C13H10BrN3O4. The predicted molar refractivity (Wildman–Crippen MR) is 79.3 cm³/mol. The Morgan fingerprint density at radius 3 is 2.76 bits per heavy atom. The number of carbonyl (C=O) groups excluding carboxylic acids is 1. The fraction of sp³-hybridized carbons (Fsp3) is 0.0769. The third-order valence-corrected chi connectivity index (χ3v) is 3.22. The molecular weight excluding hydrogens is 342 g/mol. The molecule has 2 aromatic rings. The summed E-state index contributed by atoms with van der Waals surface area (Å²) < 4.78 is 5.65. The summed E-state index contributed by atoms with van der Waals surface area (Å²) in [5.74, 6) is 0.312. The van der Waals surface area contributed by atoms with Crippen LogP contribution in [0.4, 0.5) is 5.69 Å². The van der Waals surface area contributed by atoms with Crippen LogP contribution >= 0.6 is 15.9 Å². The number of amides is 1. The quantitative estimate of drug-likeness (QED) is 0.519. The Hall–Kier alpha value is -2.48. The minimum atomic E-state index is -0.493. The summed E-state index contributed by atoms with van der Waals surface area (Å²) in [4.78, 5) is 21.8. The Balaban J connectivity index is 2.04. The molecule has 1 aromatic carbocycles. The zero-order valence-electron chi connectivity index (χ0n) is 10.9. The number of nitrogens with one attached hydrogen (secondary N) is 1. The number of rotatable bonds is 4. The highest BCUT2D eigenvalue weighted by Crippen LogP contribution is 2.21. The van der Waals surface area contributed by atoms with E-state index < -0.39 is 10.8 Å². The van der Waals surface area contributed by atoms with E-state index in [9.17, 15) is 14.9 Å². The lowest BCUT2D eigenvalue weighted by Crippen LogP contribution is -2.16. The van der Waals surface area contributed by atoms with Crippen LogP contribution in [0.3, 0.4) is 0 Å². The molecule has 0 fully saturated rings. The number of benzene rings is 1. The van der Waals surface area contributed by atoms with E-state index in [2.05, 4.69) is 26.5 Å². The highest BCUT2D eigenvalue weighted by atomic mass is 79.9. The van der Waals surface area contributed by atoms with Crippen LogP contribution in [0.2, 0.25) is 0 Å². The van der Waals surface area contributed by atoms with Gasteiger partial charge in [-0.25, -0.2) is 5.43 Å². The first kappa shape index (κ1) is 14.9. The number of furan rings is 1. The predicted octanol–water partition coefficient (Wildman–Crippen LogP) is 3.02. The highest BCUT2D eigenvalue weighted by molar-refractivity contribution is 9.10. The monoisotopic (exact) mass is 351 g/mol. The second-order valence-corrected chi connectivity index (χ2v) is 4.93. The van der Waals surface area contributed by atoms with Crippen molar-refractivity contribution >= 4 is 33.7 Å². The van der Waals surface area contributed by atoms with Gasteiger partial charge in [-0.2, -0.15) is 5.10 Å². The fourth-order valence-corrected chi connectivity index (χ4v) is 1.98. The highest BCUT2D eigenvalue weighted by Gasteiger charge is 2.09. The van der Waals surface area contributed by atoms with Gasteiger partial charge in [0.25, 0.3) is 5.69 Å². The average molecular weight is 352 g/mol. The molecule has 1 aromatic heterocycles. The van der Waals surface area contributed by atoms with E-state index in [1.54, 1.807) is 19.1 Å². The molecule has 21 heavy (non-hydrogen) atoms. The van der Waals surface area contributed by atoms with E-state index in [0.717, 1.165) is 0 Å². The van der Waals surface area contributed by atoms with Crippen molar-refractivity contribution in [1.29, 1.82) is 0 Å². The van der Waals surface area contributed by atoms with Gasteiger partial charge in [-0.3, -0.25) is 14.9 Å². The summed E-state index contributed by atoms with van der Waals surface area (Å²) in [6, 6.07) is 7.45. The number of hydrogen-bond donors (Lipinski definition) is 1. The molecule has 1 amide bonds. The van der Waals surface area contributed by atoms with Crippen molar-refractivity contribution in [3.63, 3.8) is 0 Å². The van der Waals surface area contributed by atoms with Crippen molar-refractivity contribution in [2.45, 2.75) is 6.92 Å². The van der Waals surface area contributed by atoms with Crippen molar-refractivity contribution in [3.8, 4) is 0 Å². The number of aryl methyl sites for hydroxylation is 1. The molecule has 0 saturated heterocycles. The van der Waals surface area contributed by atoms with Crippen LogP contribution in [0.15, 0.2) is 44.3 Å².